The maximum absolute atomic E-state index is 12.0. The maximum atomic E-state index is 12.0. The van der Waals surface area contributed by atoms with E-state index >= 15 is 0 Å². The summed E-state index contributed by atoms with van der Waals surface area (Å²) < 4.78 is 4.87. The number of nitrogens with one attached hydrogen (secondary N) is 2. The summed E-state index contributed by atoms with van der Waals surface area (Å²) in [6.45, 7) is 8.41. The minimum Gasteiger partial charge on any atom is -0.465 e. The van der Waals surface area contributed by atoms with Gasteiger partial charge in [-0.2, -0.15) is 0 Å². The van der Waals surface area contributed by atoms with Crippen molar-refractivity contribution in [2.45, 2.75) is 40.0 Å². The zero-order valence-electron chi connectivity index (χ0n) is 15.2. The van der Waals surface area contributed by atoms with Gasteiger partial charge in [0.2, 0.25) is 0 Å². The molecule has 1 aromatic heterocycles. The molecule has 0 atom stereocenters. The number of carbonyl (C=O) groups is 1. The summed E-state index contributed by atoms with van der Waals surface area (Å²) in [5, 5.41) is 7.63. The Morgan fingerprint density at radius 2 is 2.04 bits per heavy atom. The molecule has 134 valence electrons. The van der Waals surface area contributed by atoms with E-state index in [0.29, 0.717) is 21.6 Å². The van der Waals surface area contributed by atoms with Gasteiger partial charge < -0.3 is 15.4 Å². The summed E-state index contributed by atoms with van der Waals surface area (Å²) >= 11 is 7.00. The zero-order valence-corrected chi connectivity index (χ0v) is 16.9. The molecule has 0 saturated carbocycles. The molecule has 0 fully saturated rings. The molecule has 4 nitrogen and oxygen atoms in total. The van der Waals surface area contributed by atoms with Crippen LogP contribution in [0, 0.1) is 6.92 Å². The number of benzene rings is 1. The standard InChI is InChI=1S/C19H24N2O2S2/c1-6-13-10-15(18(22)23-5)17(25-13)21-19(24)20-16-12(4)8-7-9-14(16)11(2)3/h7-11H,6H2,1-5H3,(H2,20,21,24). The maximum Gasteiger partial charge on any atom is 0.340 e. The normalized spacial score (nSPS) is 10.6. The van der Waals surface area contributed by atoms with Gasteiger partial charge >= 0.3 is 5.97 Å². The topological polar surface area (TPSA) is 50.4 Å². The van der Waals surface area contributed by atoms with Gasteiger partial charge in [0, 0.05) is 10.6 Å². The monoisotopic (exact) mass is 376 g/mol. The molecule has 6 heteroatoms. The number of thiocarbonyl (C=S) groups is 1. The molecule has 2 aromatic rings. The number of hydrogen-bond acceptors (Lipinski definition) is 4. The van der Waals surface area contributed by atoms with Crippen molar-refractivity contribution in [3.05, 3.63) is 45.8 Å². The number of anilines is 2. The second kappa shape index (κ2) is 8.45. The molecule has 0 bridgehead atoms. The molecular weight excluding hydrogens is 352 g/mol. The van der Waals surface area contributed by atoms with Crippen LogP contribution in [0.15, 0.2) is 24.3 Å². The third-order valence-electron chi connectivity index (χ3n) is 3.93. The number of hydrogen-bond donors (Lipinski definition) is 2. The number of ether oxygens (including phenoxy) is 1. The number of thiophene rings is 1. The fraction of sp³-hybridized carbons (Fsp3) is 0.368. The molecule has 0 saturated heterocycles. The van der Waals surface area contributed by atoms with Crippen LogP contribution in [0.3, 0.4) is 0 Å². The van der Waals surface area contributed by atoms with Crippen molar-refractivity contribution in [3.8, 4) is 0 Å². The van der Waals surface area contributed by atoms with Gasteiger partial charge in [0.15, 0.2) is 5.11 Å². The van der Waals surface area contributed by atoms with Crippen molar-refractivity contribution in [2.24, 2.45) is 0 Å². The molecule has 0 aliphatic rings. The molecule has 0 amide bonds. The van der Waals surface area contributed by atoms with E-state index in [0.717, 1.165) is 22.5 Å². The van der Waals surface area contributed by atoms with E-state index in [2.05, 4.69) is 56.5 Å². The van der Waals surface area contributed by atoms with E-state index in [1.54, 1.807) is 0 Å². The van der Waals surface area contributed by atoms with Gasteiger partial charge in [-0.3, -0.25) is 0 Å². The summed E-state index contributed by atoms with van der Waals surface area (Å²) in [5.41, 5.74) is 3.87. The highest BCUT2D eigenvalue weighted by Crippen LogP contribution is 2.31. The summed E-state index contributed by atoms with van der Waals surface area (Å²) in [4.78, 5) is 13.1. The molecule has 0 radical (unpaired) electrons. The van der Waals surface area contributed by atoms with Gasteiger partial charge in [-0.05, 0) is 48.7 Å². The Balaban J connectivity index is 2.25. The van der Waals surface area contributed by atoms with Crippen LogP contribution in [0.2, 0.25) is 0 Å². The number of methoxy groups -OCH3 is 1. The van der Waals surface area contributed by atoms with Crippen molar-refractivity contribution < 1.29 is 9.53 Å². The average Bonchev–Trinajstić information content (AvgIpc) is 2.98. The Kier molecular flexibility index (Phi) is 6.56. The fourth-order valence-corrected chi connectivity index (χ4v) is 3.82. The van der Waals surface area contributed by atoms with Crippen LogP contribution >= 0.6 is 23.6 Å². The van der Waals surface area contributed by atoms with Gasteiger partial charge in [-0.1, -0.05) is 39.0 Å². The van der Waals surface area contributed by atoms with Crippen LogP contribution < -0.4 is 10.6 Å². The first kappa shape index (κ1) is 19.4. The van der Waals surface area contributed by atoms with Crippen molar-refractivity contribution in [3.63, 3.8) is 0 Å². The largest absolute Gasteiger partial charge is 0.465 e. The van der Waals surface area contributed by atoms with Crippen molar-refractivity contribution in [1.82, 2.24) is 0 Å². The molecule has 25 heavy (non-hydrogen) atoms. The first-order valence-corrected chi connectivity index (χ1v) is 9.48. The lowest BCUT2D eigenvalue weighted by molar-refractivity contribution is 0.0602. The first-order valence-electron chi connectivity index (χ1n) is 8.25. The van der Waals surface area contributed by atoms with Crippen LogP contribution in [-0.4, -0.2) is 18.2 Å². The van der Waals surface area contributed by atoms with Crippen molar-refractivity contribution >= 4 is 45.3 Å². The Labute approximate surface area is 158 Å². The van der Waals surface area contributed by atoms with Crippen LogP contribution in [0.4, 0.5) is 10.7 Å². The Morgan fingerprint density at radius 3 is 2.64 bits per heavy atom. The van der Waals surface area contributed by atoms with Gasteiger partial charge in [0.25, 0.3) is 0 Å². The molecule has 0 aliphatic carbocycles. The van der Waals surface area contributed by atoms with Crippen LogP contribution in [0.25, 0.3) is 0 Å². The molecule has 1 aromatic carbocycles. The van der Waals surface area contributed by atoms with E-state index < -0.39 is 0 Å². The molecule has 2 rings (SSSR count). The number of aryl methyl sites for hydroxylation is 2. The highest BCUT2D eigenvalue weighted by molar-refractivity contribution is 7.80. The second-order valence-electron chi connectivity index (χ2n) is 6.07. The van der Waals surface area contributed by atoms with Crippen molar-refractivity contribution in [2.75, 3.05) is 17.7 Å². The highest BCUT2D eigenvalue weighted by atomic mass is 32.1. The molecule has 0 spiro atoms. The minimum absolute atomic E-state index is 0.361. The highest BCUT2D eigenvalue weighted by Gasteiger charge is 2.18. The summed E-state index contributed by atoms with van der Waals surface area (Å²) in [7, 11) is 1.38. The second-order valence-corrected chi connectivity index (χ2v) is 7.62. The van der Waals surface area contributed by atoms with E-state index in [4.69, 9.17) is 17.0 Å². The van der Waals surface area contributed by atoms with Crippen molar-refractivity contribution in [1.29, 1.82) is 0 Å². The number of rotatable bonds is 5. The predicted molar refractivity (Wildman–Crippen MR) is 110 cm³/mol. The smallest absolute Gasteiger partial charge is 0.340 e. The van der Waals surface area contributed by atoms with E-state index in [-0.39, 0.29) is 5.97 Å². The van der Waals surface area contributed by atoms with Gasteiger partial charge in [-0.25, -0.2) is 4.79 Å². The minimum atomic E-state index is -0.361. The van der Waals surface area contributed by atoms with Gasteiger partial charge in [-0.15, -0.1) is 11.3 Å². The molecule has 2 N–H and O–H groups in total. The lowest BCUT2D eigenvalue weighted by Crippen LogP contribution is -2.21. The van der Waals surface area contributed by atoms with Crippen LogP contribution in [0.1, 0.15) is 53.1 Å². The van der Waals surface area contributed by atoms with E-state index in [9.17, 15) is 4.79 Å². The Hall–Kier alpha value is -1.92. The van der Waals surface area contributed by atoms with Crippen LogP contribution in [-0.2, 0) is 11.2 Å². The molecule has 1 heterocycles. The van der Waals surface area contributed by atoms with Crippen LogP contribution in [0.5, 0.6) is 0 Å². The van der Waals surface area contributed by atoms with Gasteiger partial charge in [0.05, 0.1) is 12.7 Å². The van der Waals surface area contributed by atoms with E-state index in [1.807, 2.05) is 6.07 Å². The quantitative estimate of drug-likeness (QED) is 0.545. The lowest BCUT2D eigenvalue weighted by atomic mass is 9.98. The average molecular weight is 377 g/mol. The first-order chi connectivity index (χ1) is 11.9. The fourth-order valence-electron chi connectivity index (χ4n) is 2.56. The third kappa shape index (κ3) is 4.58. The Morgan fingerprint density at radius 1 is 1.32 bits per heavy atom. The predicted octanol–water partition coefficient (Wildman–Crippen LogP) is 5.34. The van der Waals surface area contributed by atoms with E-state index in [1.165, 1.54) is 24.0 Å². The third-order valence-corrected chi connectivity index (χ3v) is 5.33. The lowest BCUT2D eigenvalue weighted by Gasteiger charge is -2.18. The summed E-state index contributed by atoms with van der Waals surface area (Å²) in [6, 6.07) is 8.06. The molecular formula is C19H24N2O2S2. The number of esters is 1. The SMILES string of the molecule is CCc1cc(C(=O)OC)c(NC(=S)Nc2c(C)cccc2C(C)C)s1. The van der Waals surface area contributed by atoms with Gasteiger partial charge in [0.1, 0.15) is 5.00 Å². The summed E-state index contributed by atoms with van der Waals surface area (Å²) in [5.74, 6) is 0.0178. The number of para-hydroxylation sites is 1. The number of carbonyl (C=O) groups excluding carboxylic acids is 1. The summed E-state index contributed by atoms with van der Waals surface area (Å²) in [6.07, 6.45) is 0.853. The Bertz CT molecular complexity index is 782. The zero-order chi connectivity index (χ0) is 18.6. The molecule has 0 aliphatic heterocycles. The molecule has 0 unspecified atom stereocenters.